The molecular weight excluding hydrogens is 338 g/mol. The van der Waals surface area contributed by atoms with Crippen LogP contribution in [0, 0.1) is 0 Å². The van der Waals surface area contributed by atoms with Gasteiger partial charge in [0.2, 0.25) is 5.91 Å². The molecule has 1 N–H and O–H groups in total. The van der Waals surface area contributed by atoms with E-state index >= 15 is 0 Å². The molecule has 1 aromatic carbocycles. The van der Waals surface area contributed by atoms with E-state index in [4.69, 9.17) is 16.3 Å². The zero-order chi connectivity index (χ0) is 17.5. The fourth-order valence-electron chi connectivity index (χ4n) is 3.32. The van der Waals surface area contributed by atoms with Gasteiger partial charge in [0.1, 0.15) is 0 Å². The SMILES string of the molecule is O=C(CCCn1cccn1)NCC1(c2ccc(Cl)cc2)CCOCC1. The number of rotatable bonds is 7. The van der Waals surface area contributed by atoms with Gasteiger partial charge in [0, 0.05) is 55.6 Å². The number of carbonyl (C=O) groups is 1. The first-order valence-electron chi connectivity index (χ1n) is 8.76. The summed E-state index contributed by atoms with van der Waals surface area (Å²) in [6.07, 6.45) is 6.76. The minimum Gasteiger partial charge on any atom is -0.381 e. The van der Waals surface area contributed by atoms with Crippen LogP contribution < -0.4 is 5.32 Å². The molecule has 0 saturated carbocycles. The van der Waals surface area contributed by atoms with E-state index in [1.807, 2.05) is 29.1 Å². The topological polar surface area (TPSA) is 56.2 Å². The molecule has 1 amide bonds. The van der Waals surface area contributed by atoms with Crippen LogP contribution in [-0.2, 0) is 21.5 Å². The smallest absolute Gasteiger partial charge is 0.220 e. The highest BCUT2D eigenvalue weighted by Gasteiger charge is 2.34. The second-order valence-electron chi connectivity index (χ2n) is 6.55. The first kappa shape index (κ1) is 18.0. The van der Waals surface area contributed by atoms with Crippen molar-refractivity contribution < 1.29 is 9.53 Å². The van der Waals surface area contributed by atoms with Crippen LogP contribution in [0.25, 0.3) is 0 Å². The third kappa shape index (κ3) is 4.83. The molecule has 1 aliphatic heterocycles. The van der Waals surface area contributed by atoms with Crippen LogP contribution in [0.5, 0.6) is 0 Å². The Morgan fingerprint density at radius 2 is 2.04 bits per heavy atom. The van der Waals surface area contributed by atoms with Crippen molar-refractivity contribution >= 4 is 17.5 Å². The predicted molar refractivity (Wildman–Crippen MR) is 97.7 cm³/mol. The zero-order valence-corrected chi connectivity index (χ0v) is 15.0. The largest absolute Gasteiger partial charge is 0.381 e. The highest BCUT2D eigenvalue weighted by molar-refractivity contribution is 6.30. The average molecular weight is 362 g/mol. The van der Waals surface area contributed by atoms with E-state index in [2.05, 4.69) is 22.5 Å². The van der Waals surface area contributed by atoms with Gasteiger partial charge >= 0.3 is 0 Å². The van der Waals surface area contributed by atoms with E-state index in [-0.39, 0.29) is 11.3 Å². The summed E-state index contributed by atoms with van der Waals surface area (Å²) < 4.78 is 7.38. The lowest BCUT2D eigenvalue weighted by Gasteiger charge is -2.38. The highest BCUT2D eigenvalue weighted by atomic mass is 35.5. The van der Waals surface area contributed by atoms with Crippen LogP contribution in [0.4, 0.5) is 0 Å². The summed E-state index contributed by atoms with van der Waals surface area (Å²) in [5.41, 5.74) is 1.15. The van der Waals surface area contributed by atoms with Crippen LogP contribution in [0.15, 0.2) is 42.7 Å². The number of nitrogens with one attached hydrogen (secondary N) is 1. The van der Waals surface area contributed by atoms with Crippen LogP contribution in [0.2, 0.25) is 5.02 Å². The molecule has 0 unspecified atom stereocenters. The van der Waals surface area contributed by atoms with E-state index < -0.39 is 0 Å². The Kier molecular flexibility index (Phi) is 6.10. The zero-order valence-electron chi connectivity index (χ0n) is 14.3. The minimum atomic E-state index is -0.0690. The summed E-state index contributed by atoms with van der Waals surface area (Å²) in [6.45, 7) is 2.84. The number of amides is 1. The standard InChI is InChI=1S/C19H24ClN3O2/c20-17-6-4-16(5-7-17)19(8-13-25-14-9-19)15-21-18(24)3-1-11-23-12-2-10-22-23/h2,4-7,10,12H,1,3,8-9,11,13-15H2,(H,21,24). The van der Waals surface area contributed by atoms with Gasteiger partial charge in [-0.1, -0.05) is 23.7 Å². The number of hydrogen-bond acceptors (Lipinski definition) is 3. The molecule has 0 aliphatic carbocycles. The number of ether oxygens (including phenoxy) is 1. The molecule has 2 aromatic rings. The highest BCUT2D eigenvalue weighted by Crippen LogP contribution is 2.34. The Balaban J connectivity index is 1.55. The molecule has 6 heteroatoms. The molecule has 134 valence electrons. The number of nitrogens with zero attached hydrogens (tertiary/aromatic N) is 2. The van der Waals surface area contributed by atoms with E-state index in [0.717, 1.165) is 44.0 Å². The average Bonchev–Trinajstić information content (AvgIpc) is 3.15. The van der Waals surface area contributed by atoms with Crippen LogP contribution in [0.3, 0.4) is 0 Å². The van der Waals surface area contributed by atoms with E-state index in [9.17, 15) is 4.79 Å². The summed E-state index contributed by atoms with van der Waals surface area (Å²) in [6, 6.07) is 9.86. The number of halogens is 1. The molecule has 0 radical (unpaired) electrons. The molecule has 3 rings (SSSR count). The number of carbonyl (C=O) groups excluding carboxylic acids is 1. The Morgan fingerprint density at radius 1 is 1.28 bits per heavy atom. The maximum atomic E-state index is 12.2. The molecule has 1 saturated heterocycles. The summed E-state index contributed by atoms with van der Waals surface area (Å²) in [7, 11) is 0. The summed E-state index contributed by atoms with van der Waals surface area (Å²) >= 11 is 6.02. The Bertz CT molecular complexity index is 664. The van der Waals surface area contributed by atoms with Crippen LogP contribution in [0.1, 0.15) is 31.2 Å². The molecule has 0 spiro atoms. The molecule has 1 aliphatic rings. The fourth-order valence-corrected chi connectivity index (χ4v) is 3.45. The van der Waals surface area contributed by atoms with Crippen LogP contribution in [-0.4, -0.2) is 35.4 Å². The van der Waals surface area contributed by atoms with Crippen molar-refractivity contribution in [2.24, 2.45) is 0 Å². The van der Waals surface area contributed by atoms with Gasteiger partial charge in [-0.15, -0.1) is 0 Å². The molecule has 25 heavy (non-hydrogen) atoms. The lowest BCUT2D eigenvalue weighted by Crippen LogP contribution is -2.44. The maximum absolute atomic E-state index is 12.2. The van der Waals surface area contributed by atoms with Gasteiger partial charge in [-0.3, -0.25) is 9.48 Å². The van der Waals surface area contributed by atoms with Crippen molar-refractivity contribution in [2.45, 2.75) is 37.6 Å². The third-order valence-corrected chi connectivity index (χ3v) is 5.13. The van der Waals surface area contributed by atoms with E-state index in [0.29, 0.717) is 13.0 Å². The Hall–Kier alpha value is -1.85. The molecule has 5 nitrogen and oxygen atoms in total. The fraction of sp³-hybridized carbons (Fsp3) is 0.474. The van der Waals surface area contributed by atoms with Crippen molar-refractivity contribution in [3.05, 3.63) is 53.3 Å². The maximum Gasteiger partial charge on any atom is 0.220 e. The number of hydrogen-bond donors (Lipinski definition) is 1. The van der Waals surface area contributed by atoms with Gasteiger partial charge in [-0.25, -0.2) is 0 Å². The van der Waals surface area contributed by atoms with Gasteiger partial charge in [-0.2, -0.15) is 5.10 Å². The molecule has 0 atom stereocenters. The second kappa shape index (κ2) is 8.50. The first-order valence-corrected chi connectivity index (χ1v) is 9.14. The van der Waals surface area contributed by atoms with Crippen molar-refractivity contribution in [3.63, 3.8) is 0 Å². The van der Waals surface area contributed by atoms with E-state index in [1.165, 1.54) is 5.56 Å². The van der Waals surface area contributed by atoms with Crippen molar-refractivity contribution in [3.8, 4) is 0 Å². The summed E-state index contributed by atoms with van der Waals surface area (Å²) in [5.74, 6) is 0.0898. The number of benzene rings is 1. The van der Waals surface area contributed by atoms with Crippen molar-refractivity contribution in [2.75, 3.05) is 19.8 Å². The van der Waals surface area contributed by atoms with Crippen LogP contribution >= 0.6 is 11.6 Å². The lowest BCUT2D eigenvalue weighted by atomic mass is 9.74. The molecule has 1 fully saturated rings. The second-order valence-corrected chi connectivity index (χ2v) is 6.99. The Labute approximate surface area is 153 Å². The van der Waals surface area contributed by atoms with Gasteiger partial charge in [0.25, 0.3) is 0 Å². The first-order chi connectivity index (χ1) is 12.2. The minimum absolute atomic E-state index is 0.0690. The van der Waals surface area contributed by atoms with Gasteiger partial charge in [0.05, 0.1) is 0 Å². The predicted octanol–water partition coefficient (Wildman–Crippen LogP) is 3.18. The molecule has 0 bridgehead atoms. The van der Waals surface area contributed by atoms with Crippen molar-refractivity contribution in [1.29, 1.82) is 0 Å². The lowest BCUT2D eigenvalue weighted by molar-refractivity contribution is -0.121. The Morgan fingerprint density at radius 3 is 2.72 bits per heavy atom. The van der Waals surface area contributed by atoms with Crippen molar-refractivity contribution in [1.82, 2.24) is 15.1 Å². The van der Waals surface area contributed by atoms with E-state index in [1.54, 1.807) is 6.20 Å². The normalized spacial score (nSPS) is 16.5. The number of aromatic nitrogens is 2. The number of aryl methyl sites for hydroxylation is 1. The van der Waals surface area contributed by atoms with Gasteiger partial charge in [-0.05, 0) is 43.0 Å². The van der Waals surface area contributed by atoms with Gasteiger partial charge < -0.3 is 10.1 Å². The van der Waals surface area contributed by atoms with Gasteiger partial charge in [0.15, 0.2) is 0 Å². The third-order valence-electron chi connectivity index (χ3n) is 4.88. The monoisotopic (exact) mass is 361 g/mol. The quantitative estimate of drug-likeness (QED) is 0.824. The molecule has 1 aromatic heterocycles. The molecule has 2 heterocycles. The summed E-state index contributed by atoms with van der Waals surface area (Å²) in [5, 5.41) is 8.01. The summed E-state index contributed by atoms with van der Waals surface area (Å²) in [4.78, 5) is 12.2. The molecular formula is C19H24ClN3O2.